The lowest BCUT2D eigenvalue weighted by atomic mass is 9.71. The van der Waals surface area contributed by atoms with Gasteiger partial charge in [-0.3, -0.25) is 9.59 Å². The van der Waals surface area contributed by atoms with E-state index in [0.29, 0.717) is 31.7 Å². The van der Waals surface area contributed by atoms with Crippen molar-refractivity contribution in [2.45, 2.75) is 64.3 Å². The molecule has 0 N–H and O–H groups in total. The third kappa shape index (κ3) is 4.60. The zero-order valence-electron chi connectivity index (χ0n) is 20.9. The second kappa shape index (κ2) is 10.8. The number of nitrogens with zero attached hydrogens (tertiary/aromatic N) is 1. The molecule has 0 unspecified atom stereocenters. The zero-order valence-corrected chi connectivity index (χ0v) is 23.1. The van der Waals surface area contributed by atoms with E-state index >= 15 is 0 Å². The van der Waals surface area contributed by atoms with Gasteiger partial charge in [0.1, 0.15) is 0 Å². The number of rotatable bonds is 7. The highest BCUT2D eigenvalue weighted by molar-refractivity contribution is 14.1. The molecule has 1 aliphatic heterocycles. The van der Waals surface area contributed by atoms with E-state index in [4.69, 9.17) is 9.47 Å². The van der Waals surface area contributed by atoms with E-state index in [0.717, 1.165) is 69.5 Å². The molecule has 0 bridgehead atoms. The number of Topliss-reactive ketones (excluding diaryl/α,β-unsaturated/α-hetero) is 2. The van der Waals surface area contributed by atoms with Crippen LogP contribution in [-0.2, 0) is 16.1 Å². The molecule has 0 saturated heterocycles. The fourth-order valence-electron chi connectivity index (χ4n) is 5.76. The topological polar surface area (TPSA) is 55.8 Å². The van der Waals surface area contributed by atoms with Crippen molar-refractivity contribution in [1.29, 1.82) is 0 Å². The summed E-state index contributed by atoms with van der Waals surface area (Å²) in [5, 5.41) is 0. The Morgan fingerprint density at radius 1 is 0.944 bits per heavy atom. The molecule has 2 aromatic rings. The number of carbonyl (C=O) groups excluding carboxylic acids is 2. The molecular weight excluding hydrogens is 565 g/mol. The average Bonchev–Trinajstić information content (AvgIpc) is 2.89. The molecule has 3 aliphatic rings. The zero-order chi connectivity index (χ0) is 25.2. The van der Waals surface area contributed by atoms with Crippen molar-refractivity contribution >= 4 is 34.2 Å². The minimum Gasteiger partial charge on any atom is -0.493 e. The van der Waals surface area contributed by atoms with Crippen molar-refractivity contribution in [1.82, 2.24) is 4.90 Å². The molecule has 0 aromatic heterocycles. The summed E-state index contributed by atoms with van der Waals surface area (Å²) in [5.74, 6) is 1.32. The Labute approximate surface area is 226 Å². The lowest BCUT2D eigenvalue weighted by molar-refractivity contribution is -0.117. The second-order valence-corrected chi connectivity index (χ2v) is 10.8. The number of halogens is 1. The fraction of sp³-hybridized carbons (Fsp3) is 0.400. The lowest BCUT2D eigenvalue weighted by Crippen LogP contribution is -2.38. The van der Waals surface area contributed by atoms with Crippen molar-refractivity contribution in [3.63, 3.8) is 0 Å². The summed E-state index contributed by atoms with van der Waals surface area (Å²) in [6.07, 6.45) is 5.33. The molecule has 1 heterocycles. The molecule has 0 fully saturated rings. The average molecular weight is 597 g/mol. The Kier molecular flexibility index (Phi) is 7.51. The van der Waals surface area contributed by atoms with Gasteiger partial charge in [-0.15, -0.1) is 0 Å². The van der Waals surface area contributed by atoms with Crippen LogP contribution in [-0.4, -0.2) is 30.2 Å². The minimum absolute atomic E-state index is 0.157. The van der Waals surface area contributed by atoms with Gasteiger partial charge in [0.15, 0.2) is 23.1 Å². The van der Waals surface area contributed by atoms with Crippen LogP contribution in [0.15, 0.2) is 65.0 Å². The van der Waals surface area contributed by atoms with E-state index < -0.39 is 0 Å². The Morgan fingerprint density at radius 2 is 1.58 bits per heavy atom. The molecule has 2 aliphatic carbocycles. The van der Waals surface area contributed by atoms with Crippen LogP contribution in [0.25, 0.3) is 0 Å². The number of hydrogen-bond acceptors (Lipinski definition) is 5. The van der Waals surface area contributed by atoms with Crippen LogP contribution in [0.3, 0.4) is 0 Å². The van der Waals surface area contributed by atoms with Gasteiger partial charge in [-0.2, -0.15) is 0 Å². The number of ether oxygens (including phenoxy) is 2. The molecule has 0 radical (unpaired) electrons. The quantitative estimate of drug-likeness (QED) is 0.333. The smallest absolute Gasteiger partial charge is 0.174 e. The highest BCUT2D eigenvalue weighted by Gasteiger charge is 2.43. The first-order chi connectivity index (χ1) is 17.5. The molecule has 188 valence electrons. The summed E-state index contributed by atoms with van der Waals surface area (Å²) in [7, 11) is 1.64. The Bertz CT molecular complexity index is 1200. The normalized spacial score (nSPS) is 18.4. The van der Waals surface area contributed by atoms with Gasteiger partial charge >= 0.3 is 0 Å². The number of carbonyl (C=O) groups is 2. The van der Waals surface area contributed by atoms with E-state index in [1.165, 1.54) is 5.56 Å². The number of methoxy groups -OCH3 is 1. The predicted octanol–water partition coefficient (Wildman–Crippen LogP) is 6.70. The van der Waals surface area contributed by atoms with E-state index in [1.54, 1.807) is 7.11 Å². The van der Waals surface area contributed by atoms with Crippen LogP contribution in [0.4, 0.5) is 0 Å². The highest BCUT2D eigenvalue weighted by atomic mass is 127. The first-order valence-electron chi connectivity index (χ1n) is 12.9. The van der Waals surface area contributed by atoms with Crippen LogP contribution in [0.5, 0.6) is 11.5 Å². The van der Waals surface area contributed by atoms with Gasteiger partial charge in [-0.25, -0.2) is 0 Å². The van der Waals surface area contributed by atoms with Gasteiger partial charge in [0.05, 0.1) is 17.3 Å². The van der Waals surface area contributed by atoms with E-state index in [-0.39, 0.29) is 17.5 Å². The molecule has 36 heavy (non-hydrogen) atoms. The Balaban J connectivity index is 1.69. The SMILES string of the molecule is CCCOc1c(I)cc(C2C3=C(CCCC3=O)N(Cc3ccccc3)C3=C2C(=O)CCC3)cc1OC. The van der Waals surface area contributed by atoms with Crippen molar-refractivity contribution in [3.05, 3.63) is 79.7 Å². The summed E-state index contributed by atoms with van der Waals surface area (Å²) in [6, 6.07) is 14.4. The van der Waals surface area contributed by atoms with Gasteiger partial charge in [0.2, 0.25) is 0 Å². The van der Waals surface area contributed by atoms with Gasteiger partial charge < -0.3 is 14.4 Å². The number of benzene rings is 2. The number of hydrogen-bond donors (Lipinski definition) is 0. The van der Waals surface area contributed by atoms with Crippen LogP contribution < -0.4 is 9.47 Å². The lowest BCUT2D eigenvalue weighted by Gasteiger charge is -2.44. The van der Waals surface area contributed by atoms with Gasteiger partial charge in [0, 0.05) is 47.8 Å². The van der Waals surface area contributed by atoms with Crippen molar-refractivity contribution in [2.24, 2.45) is 0 Å². The molecule has 5 rings (SSSR count). The van der Waals surface area contributed by atoms with Crippen LogP contribution in [0, 0.1) is 3.57 Å². The molecule has 6 heteroatoms. The fourth-order valence-corrected chi connectivity index (χ4v) is 6.54. The maximum absolute atomic E-state index is 13.6. The first kappa shape index (κ1) is 25.1. The standard InChI is InChI=1S/C30H32INO4/c1-3-15-36-30-21(31)16-20(17-26(30)35-2)27-28-22(11-7-13-24(28)33)32(18-19-9-5-4-6-10-19)23-12-8-14-25(34)29(23)27/h4-6,9-10,16-17,27H,3,7-8,11-15,18H2,1-2H3. The maximum Gasteiger partial charge on any atom is 0.174 e. The molecule has 0 amide bonds. The van der Waals surface area contributed by atoms with Crippen molar-refractivity contribution < 1.29 is 19.1 Å². The molecule has 0 atom stereocenters. The molecule has 5 nitrogen and oxygen atoms in total. The third-order valence-corrected chi connectivity index (χ3v) is 8.11. The summed E-state index contributed by atoms with van der Waals surface area (Å²) >= 11 is 2.28. The van der Waals surface area contributed by atoms with Gasteiger partial charge in [-0.05, 0) is 78.0 Å². The van der Waals surface area contributed by atoms with Crippen LogP contribution >= 0.6 is 22.6 Å². The van der Waals surface area contributed by atoms with E-state index in [9.17, 15) is 9.59 Å². The molecule has 2 aromatic carbocycles. The third-order valence-electron chi connectivity index (χ3n) is 7.31. The Hall–Kier alpha value is -2.61. The largest absolute Gasteiger partial charge is 0.493 e. The summed E-state index contributed by atoms with van der Waals surface area (Å²) in [6.45, 7) is 3.35. The van der Waals surface area contributed by atoms with Crippen molar-refractivity contribution in [3.8, 4) is 11.5 Å². The highest BCUT2D eigenvalue weighted by Crippen LogP contribution is 2.51. The first-order valence-corrected chi connectivity index (χ1v) is 14.0. The summed E-state index contributed by atoms with van der Waals surface area (Å²) < 4.78 is 12.7. The molecule has 0 spiro atoms. The molecular formula is C30H32INO4. The van der Waals surface area contributed by atoms with Gasteiger partial charge in [-0.1, -0.05) is 37.3 Å². The van der Waals surface area contributed by atoms with E-state index in [1.807, 2.05) is 24.3 Å². The number of ketones is 2. The summed E-state index contributed by atoms with van der Waals surface area (Å²) in [4.78, 5) is 29.4. The van der Waals surface area contributed by atoms with Crippen LogP contribution in [0.1, 0.15) is 68.9 Å². The maximum atomic E-state index is 13.6. The second-order valence-electron chi connectivity index (χ2n) is 9.66. The molecule has 0 saturated carbocycles. The van der Waals surface area contributed by atoms with Gasteiger partial charge in [0.25, 0.3) is 0 Å². The summed E-state index contributed by atoms with van der Waals surface area (Å²) in [5.41, 5.74) is 5.89. The van der Waals surface area contributed by atoms with E-state index in [2.05, 4.69) is 52.6 Å². The predicted molar refractivity (Wildman–Crippen MR) is 148 cm³/mol. The van der Waals surface area contributed by atoms with Crippen LogP contribution in [0.2, 0.25) is 0 Å². The number of allylic oxidation sites excluding steroid dienone is 4. The Morgan fingerprint density at radius 3 is 2.17 bits per heavy atom. The van der Waals surface area contributed by atoms with Crippen molar-refractivity contribution in [2.75, 3.05) is 13.7 Å². The minimum atomic E-state index is -0.356. The monoisotopic (exact) mass is 597 g/mol.